The van der Waals surface area contributed by atoms with Crippen molar-refractivity contribution < 1.29 is 22.7 Å². The van der Waals surface area contributed by atoms with Crippen LogP contribution in [-0.4, -0.2) is 44.8 Å². The third-order valence-electron chi connectivity index (χ3n) is 7.23. The molecule has 2 unspecified atom stereocenters. The van der Waals surface area contributed by atoms with Gasteiger partial charge in [0.1, 0.15) is 21.4 Å². The quantitative estimate of drug-likeness (QED) is 0.345. The summed E-state index contributed by atoms with van der Waals surface area (Å²) in [5.41, 5.74) is 5.92. The first kappa shape index (κ1) is 27.4. The summed E-state index contributed by atoms with van der Waals surface area (Å²) in [4.78, 5) is 0. The number of rotatable bonds is 12. The number of anilines is 1. The number of aliphatic hydroxyl groups excluding tert-OH is 1. The molecule has 2 aromatic rings. The van der Waals surface area contributed by atoms with Crippen molar-refractivity contribution in [3.05, 3.63) is 82.7 Å². The SMILES string of the molecule is Cc1cc(OCCCCS(=O)(=O)CCCO)cc2c1C1C=C(CNc3cccc(F)c3)C=CC1CCC2. The van der Waals surface area contributed by atoms with Gasteiger partial charge < -0.3 is 15.2 Å². The van der Waals surface area contributed by atoms with Crippen LogP contribution >= 0.6 is 0 Å². The second-order valence-electron chi connectivity index (χ2n) is 10.1. The van der Waals surface area contributed by atoms with Gasteiger partial charge in [0.05, 0.1) is 18.1 Å². The maximum atomic E-state index is 13.5. The normalized spacial score (nSPS) is 18.9. The molecule has 0 saturated carbocycles. The highest BCUT2D eigenvalue weighted by molar-refractivity contribution is 7.91. The van der Waals surface area contributed by atoms with Gasteiger partial charge in [0.25, 0.3) is 0 Å². The van der Waals surface area contributed by atoms with Gasteiger partial charge in [-0.15, -0.1) is 0 Å². The fraction of sp³-hybridized carbons (Fsp3) is 0.467. The Balaban J connectivity index is 1.39. The van der Waals surface area contributed by atoms with Gasteiger partial charge in [-0.25, -0.2) is 12.8 Å². The molecule has 0 bridgehead atoms. The zero-order valence-electron chi connectivity index (χ0n) is 21.6. The summed E-state index contributed by atoms with van der Waals surface area (Å²) in [5.74, 6) is 1.57. The van der Waals surface area contributed by atoms with E-state index in [9.17, 15) is 12.8 Å². The lowest BCUT2D eigenvalue weighted by atomic mass is 9.78. The van der Waals surface area contributed by atoms with Gasteiger partial charge in [-0.05, 0) is 104 Å². The Labute approximate surface area is 220 Å². The molecule has 0 fully saturated rings. The van der Waals surface area contributed by atoms with Crippen LogP contribution in [0.4, 0.5) is 10.1 Å². The van der Waals surface area contributed by atoms with Crippen LogP contribution in [0.3, 0.4) is 0 Å². The predicted octanol–water partition coefficient (Wildman–Crippen LogP) is 5.73. The third kappa shape index (κ3) is 7.68. The number of sulfone groups is 1. The summed E-state index contributed by atoms with van der Waals surface area (Å²) in [6.45, 7) is 3.19. The predicted molar refractivity (Wildman–Crippen MR) is 148 cm³/mol. The summed E-state index contributed by atoms with van der Waals surface area (Å²) in [6, 6.07) is 10.8. The van der Waals surface area contributed by atoms with Gasteiger partial charge in [-0.3, -0.25) is 0 Å². The Bertz CT molecular complexity index is 1240. The van der Waals surface area contributed by atoms with Crippen LogP contribution in [0.1, 0.15) is 54.7 Å². The number of nitrogens with one attached hydrogen (secondary N) is 1. The van der Waals surface area contributed by atoms with Crippen molar-refractivity contribution in [3.63, 3.8) is 0 Å². The molecule has 0 amide bonds. The monoisotopic (exact) mass is 527 g/mol. The van der Waals surface area contributed by atoms with E-state index in [1.807, 2.05) is 6.07 Å². The van der Waals surface area contributed by atoms with E-state index >= 15 is 0 Å². The van der Waals surface area contributed by atoms with Crippen LogP contribution in [0.25, 0.3) is 0 Å². The molecule has 37 heavy (non-hydrogen) atoms. The number of fused-ring (bicyclic) bond motifs is 3. The highest BCUT2D eigenvalue weighted by Gasteiger charge is 2.29. The Morgan fingerprint density at radius 1 is 1.14 bits per heavy atom. The molecule has 0 saturated heterocycles. The molecule has 0 aliphatic heterocycles. The van der Waals surface area contributed by atoms with Crippen LogP contribution < -0.4 is 10.1 Å². The summed E-state index contributed by atoms with van der Waals surface area (Å²) >= 11 is 0. The van der Waals surface area contributed by atoms with E-state index in [1.165, 1.54) is 34.4 Å². The van der Waals surface area contributed by atoms with E-state index in [4.69, 9.17) is 9.84 Å². The van der Waals surface area contributed by atoms with E-state index in [-0.39, 0.29) is 23.9 Å². The van der Waals surface area contributed by atoms with Crippen molar-refractivity contribution in [1.29, 1.82) is 0 Å². The molecular formula is C30H38FNO4S. The van der Waals surface area contributed by atoms with Crippen LogP contribution in [-0.2, 0) is 16.3 Å². The van der Waals surface area contributed by atoms with Crippen molar-refractivity contribution in [2.24, 2.45) is 5.92 Å². The Morgan fingerprint density at radius 2 is 1.97 bits per heavy atom. The Morgan fingerprint density at radius 3 is 2.78 bits per heavy atom. The van der Waals surface area contributed by atoms with E-state index in [0.29, 0.717) is 44.2 Å². The fourth-order valence-corrected chi connectivity index (χ4v) is 6.82. The molecule has 2 atom stereocenters. The minimum absolute atomic E-state index is 0.0444. The molecule has 0 aromatic heterocycles. The lowest BCUT2D eigenvalue weighted by Crippen LogP contribution is -2.16. The summed E-state index contributed by atoms with van der Waals surface area (Å²) in [6.07, 6.45) is 11.7. The van der Waals surface area contributed by atoms with Gasteiger partial charge in [-0.1, -0.05) is 24.3 Å². The zero-order valence-corrected chi connectivity index (χ0v) is 22.4. The van der Waals surface area contributed by atoms with Crippen LogP contribution in [0, 0.1) is 18.7 Å². The maximum absolute atomic E-state index is 13.5. The average Bonchev–Trinajstić information content (AvgIpc) is 3.05. The lowest BCUT2D eigenvalue weighted by molar-refractivity contribution is 0.295. The number of aliphatic hydroxyl groups is 1. The van der Waals surface area contributed by atoms with Crippen LogP contribution in [0.5, 0.6) is 5.75 Å². The van der Waals surface area contributed by atoms with Gasteiger partial charge in [0.15, 0.2) is 0 Å². The smallest absolute Gasteiger partial charge is 0.150 e. The second-order valence-corrected chi connectivity index (χ2v) is 12.4. The van der Waals surface area contributed by atoms with Gasteiger partial charge in [0.2, 0.25) is 0 Å². The maximum Gasteiger partial charge on any atom is 0.150 e. The highest BCUT2D eigenvalue weighted by atomic mass is 32.2. The fourth-order valence-electron chi connectivity index (χ4n) is 5.40. The molecule has 2 aromatic carbocycles. The van der Waals surface area contributed by atoms with E-state index in [2.05, 4.69) is 42.6 Å². The number of allylic oxidation sites excluding steroid dienone is 2. The standard InChI is InChI=1S/C30H38FNO4S/c1-22-17-28(36-14-2-3-15-37(34,35)16-6-13-33)19-25-8-4-7-24-12-11-23(18-29(24)30(22)25)21-32-27-10-5-9-26(31)20-27/h5,9-12,17-20,24,29,32-33H,2-4,6-8,13-16,21H2,1H3. The van der Waals surface area contributed by atoms with Gasteiger partial charge >= 0.3 is 0 Å². The first-order chi connectivity index (χ1) is 17.8. The van der Waals surface area contributed by atoms with Crippen molar-refractivity contribution in [2.45, 2.75) is 51.4 Å². The van der Waals surface area contributed by atoms with E-state index in [0.717, 1.165) is 30.7 Å². The number of halogens is 1. The summed E-state index contributed by atoms with van der Waals surface area (Å²) < 4.78 is 43.5. The molecule has 7 heteroatoms. The first-order valence-electron chi connectivity index (χ1n) is 13.3. The molecule has 2 N–H and O–H groups in total. The number of aryl methyl sites for hydroxylation is 2. The molecule has 0 spiro atoms. The molecule has 2 aliphatic carbocycles. The molecule has 4 rings (SSSR count). The third-order valence-corrected chi connectivity index (χ3v) is 9.05. The Hall–Kier alpha value is -2.64. The van der Waals surface area contributed by atoms with Crippen molar-refractivity contribution >= 4 is 15.5 Å². The van der Waals surface area contributed by atoms with E-state index in [1.54, 1.807) is 6.07 Å². The lowest BCUT2D eigenvalue weighted by Gasteiger charge is -2.28. The first-order valence-corrected chi connectivity index (χ1v) is 15.1. The summed E-state index contributed by atoms with van der Waals surface area (Å²) in [5, 5.41) is 12.2. The zero-order chi connectivity index (χ0) is 26.3. The topological polar surface area (TPSA) is 75.6 Å². The molecule has 5 nitrogen and oxygen atoms in total. The number of hydrogen-bond acceptors (Lipinski definition) is 5. The van der Waals surface area contributed by atoms with Crippen LogP contribution in [0.15, 0.2) is 60.2 Å². The number of ether oxygens (including phenoxy) is 1. The molecular weight excluding hydrogens is 489 g/mol. The Kier molecular flexibility index (Phi) is 9.43. The number of unbranched alkanes of at least 4 members (excludes halogenated alkanes) is 1. The van der Waals surface area contributed by atoms with Crippen LogP contribution in [0.2, 0.25) is 0 Å². The minimum atomic E-state index is -3.10. The second kappa shape index (κ2) is 12.7. The average molecular weight is 528 g/mol. The van der Waals surface area contributed by atoms with Gasteiger partial charge in [0, 0.05) is 24.8 Å². The van der Waals surface area contributed by atoms with Crippen molar-refractivity contribution in [3.8, 4) is 5.75 Å². The number of benzene rings is 2. The largest absolute Gasteiger partial charge is 0.494 e. The minimum Gasteiger partial charge on any atom is -0.494 e. The van der Waals surface area contributed by atoms with Crippen molar-refractivity contribution in [1.82, 2.24) is 0 Å². The highest BCUT2D eigenvalue weighted by Crippen LogP contribution is 2.42. The molecule has 2 aliphatic rings. The van der Waals surface area contributed by atoms with Crippen molar-refractivity contribution in [2.75, 3.05) is 36.6 Å². The van der Waals surface area contributed by atoms with Gasteiger partial charge in [-0.2, -0.15) is 0 Å². The molecule has 0 heterocycles. The molecule has 0 radical (unpaired) electrons. The van der Waals surface area contributed by atoms with E-state index < -0.39 is 9.84 Å². The number of hydrogen-bond donors (Lipinski definition) is 2. The molecule has 200 valence electrons. The summed E-state index contributed by atoms with van der Waals surface area (Å²) in [7, 11) is -3.10.